The molecule has 0 bridgehead atoms. The molecule has 2 rings (SSSR count). The smallest absolute Gasteiger partial charge is 0.193 e. The Labute approximate surface area is 152 Å². The quantitative estimate of drug-likeness (QED) is 0.450. The first-order valence-electron chi connectivity index (χ1n) is 6.91. The second-order valence-electron chi connectivity index (χ2n) is 4.76. The Bertz CT molecular complexity index is 585. The zero-order chi connectivity index (χ0) is 15.1. The molecule has 0 aliphatic carbocycles. The molecule has 0 aliphatic rings. The summed E-state index contributed by atoms with van der Waals surface area (Å²) in [6.07, 6.45) is 2.70. The van der Waals surface area contributed by atoms with Gasteiger partial charge in [0.25, 0.3) is 0 Å². The van der Waals surface area contributed by atoms with Crippen molar-refractivity contribution in [1.82, 2.24) is 20.2 Å². The molecule has 120 valence electrons. The summed E-state index contributed by atoms with van der Waals surface area (Å²) in [6.45, 7) is 3.59. The lowest BCUT2D eigenvalue weighted by atomic mass is 10.3. The lowest BCUT2D eigenvalue weighted by Gasteiger charge is -2.21. The van der Waals surface area contributed by atoms with Gasteiger partial charge in [0.05, 0.1) is 17.2 Å². The molecule has 2 aromatic heterocycles. The minimum Gasteiger partial charge on any atom is -0.356 e. The number of nitrogens with one attached hydrogen (secondary N) is 1. The Morgan fingerprint density at radius 3 is 2.77 bits per heavy atom. The van der Waals surface area contributed by atoms with Crippen LogP contribution >= 0.6 is 35.3 Å². The molecule has 0 saturated heterocycles. The maximum atomic E-state index is 4.48. The summed E-state index contributed by atoms with van der Waals surface area (Å²) in [5.41, 5.74) is 2.16. The highest BCUT2D eigenvalue weighted by Crippen LogP contribution is 2.09. The van der Waals surface area contributed by atoms with Gasteiger partial charge in [-0.25, -0.2) is 4.98 Å². The first-order chi connectivity index (χ1) is 10.2. The number of thiazole rings is 1. The molecule has 0 fully saturated rings. The summed E-state index contributed by atoms with van der Waals surface area (Å²) >= 11 is 1.67. The van der Waals surface area contributed by atoms with Crippen LogP contribution in [0, 0.1) is 6.92 Å². The molecule has 0 radical (unpaired) electrons. The van der Waals surface area contributed by atoms with Crippen molar-refractivity contribution in [3.8, 4) is 0 Å². The van der Waals surface area contributed by atoms with Gasteiger partial charge in [-0.15, -0.1) is 35.3 Å². The van der Waals surface area contributed by atoms with Crippen molar-refractivity contribution >= 4 is 41.3 Å². The maximum Gasteiger partial charge on any atom is 0.193 e. The van der Waals surface area contributed by atoms with E-state index >= 15 is 0 Å². The number of pyridine rings is 1. The molecular weight excluding hydrogens is 409 g/mol. The van der Waals surface area contributed by atoms with Gasteiger partial charge in [-0.1, -0.05) is 6.07 Å². The lowest BCUT2D eigenvalue weighted by molar-refractivity contribution is 0.471. The molecule has 0 amide bonds. The van der Waals surface area contributed by atoms with Crippen LogP contribution in [0.2, 0.25) is 0 Å². The van der Waals surface area contributed by atoms with Crippen LogP contribution < -0.4 is 5.32 Å². The minimum atomic E-state index is 0. The van der Waals surface area contributed by atoms with E-state index in [1.165, 1.54) is 0 Å². The van der Waals surface area contributed by atoms with Gasteiger partial charge >= 0.3 is 0 Å². The first kappa shape index (κ1) is 18.8. The van der Waals surface area contributed by atoms with E-state index in [4.69, 9.17) is 0 Å². The zero-order valence-corrected chi connectivity index (χ0v) is 16.3. The van der Waals surface area contributed by atoms with Crippen molar-refractivity contribution in [2.45, 2.75) is 19.9 Å². The van der Waals surface area contributed by atoms with E-state index in [1.54, 1.807) is 18.4 Å². The van der Waals surface area contributed by atoms with Crippen LogP contribution in [0.1, 0.15) is 16.4 Å². The summed E-state index contributed by atoms with van der Waals surface area (Å²) < 4.78 is 0. The van der Waals surface area contributed by atoms with Crippen molar-refractivity contribution in [1.29, 1.82) is 0 Å². The fourth-order valence-corrected chi connectivity index (χ4v) is 2.64. The van der Waals surface area contributed by atoms with Gasteiger partial charge in [0, 0.05) is 44.3 Å². The number of guanidine groups is 1. The highest BCUT2D eigenvalue weighted by molar-refractivity contribution is 14.0. The Morgan fingerprint density at radius 1 is 1.36 bits per heavy atom. The molecule has 5 nitrogen and oxygen atoms in total. The number of rotatable bonds is 5. The van der Waals surface area contributed by atoms with Gasteiger partial charge in [-0.3, -0.25) is 9.98 Å². The second-order valence-corrected chi connectivity index (χ2v) is 5.82. The molecular formula is C15H22IN5S. The fourth-order valence-electron chi connectivity index (χ4n) is 2.03. The van der Waals surface area contributed by atoms with Gasteiger partial charge in [-0.05, 0) is 19.1 Å². The third kappa shape index (κ3) is 5.88. The largest absolute Gasteiger partial charge is 0.356 e. The lowest BCUT2D eigenvalue weighted by Crippen LogP contribution is -2.39. The SMILES string of the molecule is CN=C(NCCc1ccccn1)N(C)Cc1csc(C)n1.I. The van der Waals surface area contributed by atoms with E-state index in [-0.39, 0.29) is 24.0 Å². The van der Waals surface area contributed by atoms with Gasteiger partial charge in [0.1, 0.15) is 0 Å². The molecule has 0 saturated carbocycles. The Hall–Kier alpha value is -1.22. The average Bonchev–Trinajstić information content (AvgIpc) is 2.89. The molecule has 0 aliphatic heterocycles. The number of aromatic nitrogens is 2. The van der Waals surface area contributed by atoms with Gasteiger partial charge in [0.15, 0.2) is 5.96 Å². The highest BCUT2D eigenvalue weighted by atomic mass is 127. The Morgan fingerprint density at radius 2 is 2.18 bits per heavy atom. The zero-order valence-electron chi connectivity index (χ0n) is 13.1. The van der Waals surface area contributed by atoms with E-state index in [2.05, 4.69) is 30.6 Å². The third-order valence-corrected chi connectivity index (χ3v) is 3.85. The van der Waals surface area contributed by atoms with Crippen LogP contribution in [0.25, 0.3) is 0 Å². The van der Waals surface area contributed by atoms with E-state index in [0.29, 0.717) is 0 Å². The van der Waals surface area contributed by atoms with E-state index in [9.17, 15) is 0 Å². The Balaban J connectivity index is 0.00000242. The van der Waals surface area contributed by atoms with Crippen LogP contribution in [-0.4, -0.2) is 41.5 Å². The second kappa shape index (κ2) is 9.73. The van der Waals surface area contributed by atoms with Crippen LogP contribution in [0.15, 0.2) is 34.8 Å². The molecule has 0 spiro atoms. The van der Waals surface area contributed by atoms with Gasteiger partial charge in [0.2, 0.25) is 0 Å². The van der Waals surface area contributed by atoms with Crippen LogP contribution in [0.3, 0.4) is 0 Å². The summed E-state index contributed by atoms with van der Waals surface area (Å²) in [6, 6.07) is 5.97. The molecule has 2 heterocycles. The van der Waals surface area contributed by atoms with Crippen molar-refractivity contribution in [2.75, 3.05) is 20.6 Å². The Kier molecular flexibility index (Phi) is 8.32. The number of aryl methyl sites for hydroxylation is 1. The molecule has 0 atom stereocenters. The molecule has 2 aromatic rings. The summed E-state index contributed by atoms with van der Waals surface area (Å²) in [5, 5.41) is 6.54. The summed E-state index contributed by atoms with van der Waals surface area (Å²) in [7, 11) is 3.82. The van der Waals surface area contributed by atoms with Gasteiger partial charge < -0.3 is 10.2 Å². The third-order valence-electron chi connectivity index (χ3n) is 3.03. The average molecular weight is 431 g/mol. The fraction of sp³-hybridized carbons (Fsp3) is 0.400. The first-order valence-corrected chi connectivity index (χ1v) is 7.79. The minimum absolute atomic E-state index is 0. The number of hydrogen-bond donors (Lipinski definition) is 1. The summed E-state index contributed by atoms with van der Waals surface area (Å²) in [4.78, 5) is 15.2. The predicted molar refractivity (Wildman–Crippen MR) is 103 cm³/mol. The molecule has 1 N–H and O–H groups in total. The molecule has 7 heteroatoms. The number of aliphatic imine (C=N–C) groups is 1. The number of hydrogen-bond acceptors (Lipinski definition) is 4. The van der Waals surface area contributed by atoms with Crippen molar-refractivity contribution < 1.29 is 0 Å². The van der Waals surface area contributed by atoms with E-state index in [0.717, 1.165) is 41.9 Å². The molecule has 22 heavy (non-hydrogen) atoms. The maximum absolute atomic E-state index is 4.48. The van der Waals surface area contributed by atoms with Crippen LogP contribution in [0.5, 0.6) is 0 Å². The standard InChI is InChI=1S/C15H21N5S.HI/c1-12-19-14(11-21-12)10-20(3)15(16-2)18-9-7-13-6-4-5-8-17-13;/h4-6,8,11H,7,9-10H2,1-3H3,(H,16,18);1H. The van der Waals surface area contributed by atoms with Gasteiger partial charge in [-0.2, -0.15) is 0 Å². The van der Waals surface area contributed by atoms with Crippen LogP contribution in [0.4, 0.5) is 0 Å². The van der Waals surface area contributed by atoms with E-state index in [1.807, 2.05) is 38.4 Å². The van der Waals surface area contributed by atoms with Crippen molar-refractivity contribution in [2.24, 2.45) is 4.99 Å². The molecule has 0 aromatic carbocycles. The van der Waals surface area contributed by atoms with Crippen LogP contribution in [-0.2, 0) is 13.0 Å². The summed E-state index contributed by atoms with van der Waals surface area (Å²) in [5.74, 6) is 0.872. The monoisotopic (exact) mass is 431 g/mol. The highest BCUT2D eigenvalue weighted by Gasteiger charge is 2.08. The van der Waals surface area contributed by atoms with E-state index < -0.39 is 0 Å². The molecule has 0 unspecified atom stereocenters. The topological polar surface area (TPSA) is 53.4 Å². The number of halogens is 1. The predicted octanol–water partition coefficient (Wildman–Crippen LogP) is 2.71. The van der Waals surface area contributed by atoms with Crippen molar-refractivity contribution in [3.05, 3.63) is 46.2 Å². The number of nitrogens with zero attached hydrogens (tertiary/aromatic N) is 4. The normalized spacial score (nSPS) is 11.0. The van der Waals surface area contributed by atoms with Crippen molar-refractivity contribution in [3.63, 3.8) is 0 Å².